The molecule has 0 spiro atoms. The van der Waals surface area contributed by atoms with Gasteiger partial charge in [-0.25, -0.2) is 0 Å². The van der Waals surface area contributed by atoms with E-state index in [9.17, 15) is 0 Å². The molecule has 2 rings (SSSR count). The van der Waals surface area contributed by atoms with Gasteiger partial charge >= 0.3 is 0 Å². The fourth-order valence-electron chi connectivity index (χ4n) is 0.777. The third-order valence-electron chi connectivity index (χ3n) is 1.30. The van der Waals surface area contributed by atoms with Crippen molar-refractivity contribution in [3.8, 4) is 11.5 Å². The lowest BCUT2D eigenvalue weighted by Gasteiger charge is -1.91. The first-order chi connectivity index (χ1) is 5.38. The van der Waals surface area contributed by atoms with Crippen molar-refractivity contribution in [3.63, 3.8) is 0 Å². The highest BCUT2D eigenvalue weighted by Gasteiger charge is 2.05. The summed E-state index contributed by atoms with van der Waals surface area (Å²) in [6.07, 6.45) is 1.63. The number of hydrogen-bond donors (Lipinski definition) is 0. The fraction of sp³-hybridized carbons (Fsp3) is 0.200. The van der Waals surface area contributed by atoms with Crippen LogP contribution >= 0.6 is 11.5 Å². The van der Waals surface area contributed by atoms with Crippen LogP contribution in [0.3, 0.4) is 0 Å². The Kier molecular flexibility index (Phi) is 1.39. The van der Waals surface area contributed by atoms with Crippen molar-refractivity contribution >= 4 is 11.5 Å². The molecule has 0 unspecified atom stereocenters. The van der Waals surface area contributed by atoms with Gasteiger partial charge in [-0.3, -0.25) is 0 Å². The van der Waals surface area contributed by atoms with Gasteiger partial charge in [0.2, 0.25) is 0 Å². The number of aryl methyl sites for hydroxylation is 1. The molecule has 0 aliphatic carbocycles. The Morgan fingerprint density at radius 3 is 2.91 bits per heavy atom. The number of rotatable bonds is 1. The van der Waals surface area contributed by atoms with Gasteiger partial charge in [0.1, 0.15) is 12.0 Å². The van der Waals surface area contributed by atoms with E-state index in [2.05, 4.69) is 19.8 Å². The quantitative estimate of drug-likeness (QED) is 0.614. The third kappa shape index (κ3) is 1.01. The molecule has 0 aromatic carbocycles. The van der Waals surface area contributed by atoms with Crippen LogP contribution in [0.25, 0.3) is 11.5 Å². The van der Waals surface area contributed by atoms with Gasteiger partial charge in [0.15, 0.2) is 5.82 Å². The van der Waals surface area contributed by atoms with Gasteiger partial charge in [-0.15, -0.1) is 15.3 Å². The molecule has 56 valence electrons. The molecule has 0 aliphatic heterocycles. The second-order valence-corrected chi connectivity index (χ2v) is 2.67. The summed E-state index contributed by atoms with van der Waals surface area (Å²) in [6.45, 7) is 0. The first kappa shape index (κ1) is 6.41. The van der Waals surface area contributed by atoms with Gasteiger partial charge in [-0.05, 0) is 11.5 Å². The largest absolute Gasteiger partial charge is 0.315 e. The molecule has 0 saturated carbocycles. The van der Waals surface area contributed by atoms with Crippen LogP contribution in [-0.2, 0) is 7.05 Å². The molecule has 0 amide bonds. The van der Waals surface area contributed by atoms with Crippen molar-refractivity contribution in [1.82, 2.24) is 24.4 Å². The van der Waals surface area contributed by atoms with Crippen LogP contribution in [0.2, 0.25) is 0 Å². The van der Waals surface area contributed by atoms with Crippen molar-refractivity contribution in [2.75, 3.05) is 0 Å². The van der Waals surface area contributed by atoms with E-state index in [1.165, 1.54) is 11.5 Å². The highest BCUT2D eigenvalue weighted by Crippen LogP contribution is 2.12. The number of aromatic nitrogens is 5. The maximum absolute atomic E-state index is 3.88. The van der Waals surface area contributed by atoms with E-state index in [-0.39, 0.29) is 0 Å². The highest BCUT2D eigenvalue weighted by molar-refractivity contribution is 7.03. The van der Waals surface area contributed by atoms with Crippen molar-refractivity contribution in [2.45, 2.75) is 0 Å². The molecule has 0 aliphatic rings. The van der Waals surface area contributed by atoms with Gasteiger partial charge in [0.25, 0.3) is 0 Å². The molecule has 2 heterocycles. The van der Waals surface area contributed by atoms with Crippen LogP contribution in [-0.4, -0.2) is 24.4 Å². The summed E-state index contributed by atoms with van der Waals surface area (Å²) in [5.41, 5.74) is 0.773. The fourth-order valence-corrected chi connectivity index (χ4v) is 1.21. The van der Waals surface area contributed by atoms with Crippen LogP contribution in [0.1, 0.15) is 0 Å². The van der Waals surface area contributed by atoms with Crippen molar-refractivity contribution in [3.05, 3.63) is 11.7 Å². The van der Waals surface area contributed by atoms with Gasteiger partial charge < -0.3 is 4.57 Å². The lowest BCUT2D eigenvalue weighted by Crippen LogP contribution is -1.90. The first-order valence-corrected chi connectivity index (χ1v) is 3.83. The van der Waals surface area contributed by atoms with Gasteiger partial charge in [0, 0.05) is 12.4 Å². The molecule has 0 fully saturated rings. The molecule has 0 N–H and O–H groups in total. The Morgan fingerprint density at radius 1 is 1.45 bits per heavy atom. The predicted octanol–water partition coefficient (Wildman–Crippen LogP) is 0.334. The summed E-state index contributed by atoms with van der Waals surface area (Å²) in [4.78, 5) is 0. The number of hydrogen-bond acceptors (Lipinski definition) is 5. The summed E-state index contributed by atoms with van der Waals surface area (Å²) < 4.78 is 5.53. The minimum absolute atomic E-state index is 0.749. The lowest BCUT2D eigenvalue weighted by molar-refractivity contribution is 0.911. The summed E-state index contributed by atoms with van der Waals surface area (Å²) in [6, 6.07) is 0. The lowest BCUT2D eigenvalue weighted by atomic mass is 10.5. The molecule has 2 aromatic heterocycles. The van der Waals surface area contributed by atoms with Gasteiger partial charge in [-0.2, -0.15) is 0 Å². The van der Waals surface area contributed by atoms with Crippen LogP contribution in [0.4, 0.5) is 0 Å². The maximum Gasteiger partial charge on any atom is 0.184 e. The van der Waals surface area contributed by atoms with Gasteiger partial charge in [-0.1, -0.05) is 4.49 Å². The Morgan fingerprint density at radius 2 is 2.36 bits per heavy atom. The first-order valence-electron chi connectivity index (χ1n) is 2.99. The summed E-state index contributed by atoms with van der Waals surface area (Å²) in [5.74, 6) is 0.749. The highest BCUT2D eigenvalue weighted by atomic mass is 32.1. The maximum atomic E-state index is 3.88. The van der Waals surface area contributed by atoms with E-state index in [0.717, 1.165) is 11.5 Å². The van der Waals surface area contributed by atoms with E-state index in [4.69, 9.17) is 0 Å². The average molecular weight is 167 g/mol. The molecule has 0 saturated heterocycles. The van der Waals surface area contributed by atoms with E-state index in [1.807, 2.05) is 12.4 Å². The summed E-state index contributed by atoms with van der Waals surface area (Å²) >= 11 is 1.30. The Labute approximate surface area is 66.9 Å². The summed E-state index contributed by atoms with van der Waals surface area (Å²) in [5, 5.41) is 13.3. The topological polar surface area (TPSA) is 56.5 Å². The zero-order chi connectivity index (χ0) is 7.68. The SMILES string of the molecule is Cn1cnnc1-c1csnn1. The normalized spacial score (nSPS) is 10.3. The van der Waals surface area contributed by atoms with E-state index >= 15 is 0 Å². The number of nitrogens with zero attached hydrogens (tertiary/aromatic N) is 5. The van der Waals surface area contributed by atoms with Crippen LogP contribution in [0.5, 0.6) is 0 Å². The average Bonchev–Trinajstić information content (AvgIpc) is 2.55. The molecular weight excluding hydrogens is 162 g/mol. The molecule has 0 bridgehead atoms. The molecule has 11 heavy (non-hydrogen) atoms. The molecular formula is C5H5N5S. The van der Waals surface area contributed by atoms with Crippen molar-refractivity contribution < 1.29 is 0 Å². The predicted molar refractivity (Wildman–Crippen MR) is 39.9 cm³/mol. The second kappa shape index (κ2) is 2.39. The van der Waals surface area contributed by atoms with Gasteiger partial charge in [0.05, 0.1) is 0 Å². The van der Waals surface area contributed by atoms with E-state index < -0.39 is 0 Å². The Hall–Kier alpha value is -1.30. The van der Waals surface area contributed by atoms with Crippen molar-refractivity contribution in [1.29, 1.82) is 0 Å². The van der Waals surface area contributed by atoms with E-state index in [1.54, 1.807) is 10.9 Å². The smallest absolute Gasteiger partial charge is 0.184 e. The van der Waals surface area contributed by atoms with Crippen LogP contribution in [0, 0.1) is 0 Å². The monoisotopic (exact) mass is 167 g/mol. The zero-order valence-corrected chi connectivity index (χ0v) is 6.62. The molecule has 5 nitrogen and oxygen atoms in total. The Balaban J connectivity index is 2.53. The van der Waals surface area contributed by atoms with Crippen LogP contribution in [0.15, 0.2) is 11.7 Å². The standard InChI is InChI=1S/C5H5N5S/c1-10-3-6-8-5(10)4-2-11-9-7-4/h2-3H,1H3. The molecule has 0 radical (unpaired) electrons. The molecule has 0 atom stereocenters. The third-order valence-corrected chi connectivity index (χ3v) is 1.81. The summed E-state index contributed by atoms with van der Waals surface area (Å²) in [7, 11) is 1.87. The zero-order valence-electron chi connectivity index (χ0n) is 5.80. The minimum Gasteiger partial charge on any atom is -0.315 e. The second-order valence-electron chi connectivity index (χ2n) is 2.06. The minimum atomic E-state index is 0.749. The Bertz CT molecular complexity index is 337. The molecule has 2 aromatic rings. The molecule has 6 heteroatoms. The van der Waals surface area contributed by atoms with Crippen LogP contribution < -0.4 is 0 Å². The van der Waals surface area contributed by atoms with Crippen molar-refractivity contribution in [2.24, 2.45) is 7.05 Å². The van der Waals surface area contributed by atoms with E-state index in [0.29, 0.717) is 0 Å².